The van der Waals surface area contributed by atoms with E-state index in [1.807, 2.05) is 24.3 Å². The van der Waals surface area contributed by atoms with E-state index in [1.165, 1.54) is 0 Å². The zero-order valence-corrected chi connectivity index (χ0v) is 10.3. The number of hydrogen-bond acceptors (Lipinski definition) is 4. The van der Waals surface area contributed by atoms with Gasteiger partial charge in [-0.1, -0.05) is 17.3 Å². The Morgan fingerprint density at radius 3 is 2.88 bits per heavy atom. The van der Waals surface area contributed by atoms with Gasteiger partial charge in [0.05, 0.1) is 12.0 Å². The first-order valence-electron chi connectivity index (χ1n) is 4.96. The molecule has 5 nitrogen and oxygen atoms in total. The van der Waals surface area contributed by atoms with Gasteiger partial charge >= 0.3 is 5.97 Å². The molecule has 0 bridgehead atoms. The van der Waals surface area contributed by atoms with Crippen molar-refractivity contribution in [1.82, 2.24) is 10.1 Å². The quantitative estimate of drug-likeness (QED) is 0.938. The maximum absolute atomic E-state index is 10.4. The second-order valence-corrected chi connectivity index (χ2v) is 4.24. The maximum Gasteiger partial charge on any atom is 0.303 e. The number of aliphatic carboxylic acids is 1. The molecule has 0 fully saturated rings. The van der Waals surface area contributed by atoms with E-state index in [0.29, 0.717) is 11.7 Å². The van der Waals surface area contributed by atoms with Crippen LogP contribution in [-0.2, 0) is 11.2 Å². The highest BCUT2D eigenvalue weighted by Crippen LogP contribution is 2.26. The highest BCUT2D eigenvalue weighted by Gasteiger charge is 2.12. The SMILES string of the molecule is O=C(O)CCc1noc(-c2ccccc2Br)n1. The number of aromatic nitrogens is 2. The summed E-state index contributed by atoms with van der Waals surface area (Å²) in [5.74, 6) is -0.0896. The summed E-state index contributed by atoms with van der Waals surface area (Å²) >= 11 is 3.38. The third kappa shape index (κ3) is 2.91. The van der Waals surface area contributed by atoms with Gasteiger partial charge in [-0.3, -0.25) is 4.79 Å². The largest absolute Gasteiger partial charge is 0.481 e. The summed E-state index contributed by atoms with van der Waals surface area (Å²) in [4.78, 5) is 14.6. The zero-order valence-electron chi connectivity index (χ0n) is 8.76. The average molecular weight is 297 g/mol. The standard InChI is InChI=1S/C11H9BrN2O3/c12-8-4-2-1-3-7(8)11-13-9(14-17-11)5-6-10(15)16/h1-4H,5-6H2,(H,15,16). The van der Waals surface area contributed by atoms with E-state index in [2.05, 4.69) is 26.1 Å². The third-order valence-corrected chi connectivity index (χ3v) is 2.83. The Morgan fingerprint density at radius 2 is 2.18 bits per heavy atom. The van der Waals surface area contributed by atoms with Gasteiger partial charge in [-0.05, 0) is 28.1 Å². The molecule has 88 valence electrons. The van der Waals surface area contributed by atoms with E-state index in [0.717, 1.165) is 10.0 Å². The Kier molecular flexibility index (Phi) is 3.53. The number of carboxylic acids is 1. The van der Waals surface area contributed by atoms with Gasteiger partial charge in [0.2, 0.25) is 0 Å². The lowest BCUT2D eigenvalue weighted by Gasteiger charge is -1.96. The molecule has 0 aliphatic heterocycles. The topological polar surface area (TPSA) is 76.2 Å². The minimum Gasteiger partial charge on any atom is -0.481 e. The predicted molar refractivity (Wildman–Crippen MR) is 63.4 cm³/mol. The minimum atomic E-state index is -0.878. The highest BCUT2D eigenvalue weighted by atomic mass is 79.9. The molecule has 6 heteroatoms. The fourth-order valence-corrected chi connectivity index (χ4v) is 1.77. The maximum atomic E-state index is 10.4. The molecule has 0 saturated carbocycles. The lowest BCUT2D eigenvalue weighted by molar-refractivity contribution is -0.137. The van der Waals surface area contributed by atoms with Gasteiger partial charge in [-0.2, -0.15) is 4.98 Å². The first kappa shape index (κ1) is 11.8. The number of nitrogens with zero attached hydrogens (tertiary/aromatic N) is 2. The molecule has 0 aliphatic carbocycles. The monoisotopic (exact) mass is 296 g/mol. The fourth-order valence-electron chi connectivity index (χ4n) is 1.32. The van der Waals surface area contributed by atoms with E-state index >= 15 is 0 Å². The van der Waals surface area contributed by atoms with Gasteiger partial charge in [0, 0.05) is 10.9 Å². The van der Waals surface area contributed by atoms with E-state index in [4.69, 9.17) is 9.63 Å². The molecule has 0 spiro atoms. The van der Waals surface area contributed by atoms with Crippen LogP contribution in [0, 0.1) is 0 Å². The minimum absolute atomic E-state index is 0.00503. The molecule has 1 heterocycles. The lowest BCUT2D eigenvalue weighted by Crippen LogP contribution is -1.98. The van der Waals surface area contributed by atoms with Crippen LogP contribution >= 0.6 is 15.9 Å². The molecule has 0 saturated heterocycles. The Labute approximate surface area is 106 Å². The molecule has 1 N–H and O–H groups in total. The summed E-state index contributed by atoms with van der Waals surface area (Å²) in [6, 6.07) is 7.46. The number of benzene rings is 1. The Bertz CT molecular complexity index is 539. The number of aryl methyl sites for hydroxylation is 1. The van der Waals surface area contributed by atoms with Gasteiger partial charge in [0.15, 0.2) is 5.82 Å². The summed E-state index contributed by atoms with van der Waals surface area (Å²) < 4.78 is 5.93. The molecule has 0 atom stereocenters. The first-order chi connectivity index (χ1) is 8.16. The van der Waals surface area contributed by atoms with Gasteiger partial charge in [0.25, 0.3) is 5.89 Å². The predicted octanol–water partition coefficient (Wildman–Crippen LogP) is 2.52. The molecule has 0 amide bonds. The third-order valence-electron chi connectivity index (χ3n) is 2.13. The smallest absolute Gasteiger partial charge is 0.303 e. The molecule has 2 rings (SSSR count). The number of rotatable bonds is 4. The Hall–Kier alpha value is -1.69. The molecule has 1 aromatic carbocycles. The van der Waals surface area contributed by atoms with Crippen molar-refractivity contribution in [1.29, 1.82) is 0 Å². The van der Waals surface area contributed by atoms with Crippen molar-refractivity contribution in [2.45, 2.75) is 12.8 Å². The van der Waals surface area contributed by atoms with Crippen molar-refractivity contribution in [3.8, 4) is 11.5 Å². The van der Waals surface area contributed by atoms with Crippen LogP contribution in [0.25, 0.3) is 11.5 Å². The van der Waals surface area contributed by atoms with E-state index in [9.17, 15) is 4.79 Å². The molecule has 0 aliphatic rings. The lowest BCUT2D eigenvalue weighted by atomic mass is 10.2. The van der Waals surface area contributed by atoms with Crippen molar-refractivity contribution < 1.29 is 14.4 Å². The van der Waals surface area contributed by atoms with Crippen molar-refractivity contribution in [2.75, 3.05) is 0 Å². The number of carbonyl (C=O) groups is 1. The summed E-state index contributed by atoms with van der Waals surface area (Å²) in [6.07, 6.45) is 0.262. The molecule has 1 aromatic heterocycles. The zero-order chi connectivity index (χ0) is 12.3. The second-order valence-electron chi connectivity index (χ2n) is 3.39. The Morgan fingerprint density at radius 1 is 1.41 bits per heavy atom. The van der Waals surface area contributed by atoms with E-state index < -0.39 is 5.97 Å². The number of halogens is 1. The van der Waals surface area contributed by atoms with Crippen LogP contribution in [0.3, 0.4) is 0 Å². The van der Waals surface area contributed by atoms with Crippen molar-refractivity contribution in [3.63, 3.8) is 0 Å². The summed E-state index contributed by atoms with van der Waals surface area (Å²) in [5.41, 5.74) is 0.793. The van der Waals surface area contributed by atoms with Crippen LogP contribution in [0.5, 0.6) is 0 Å². The van der Waals surface area contributed by atoms with Gasteiger partial charge in [-0.25, -0.2) is 0 Å². The van der Waals surface area contributed by atoms with Crippen LogP contribution in [-0.4, -0.2) is 21.2 Å². The van der Waals surface area contributed by atoms with Crippen molar-refractivity contribution in [2.24, 2.45) is 0 Å². The second kappa shape index (κ2) is 5.09. The summed E-state index contributed by atoms with van der Waals surface area (Å²) in [6.45, 7) is 0. The van der Waals surface area contributed by atoms with Crippen LogP contribution in [0.2, 0.25) is 0 Å². The summed E-state index contributed by atoms with van der Waals surface area (Å²) in [7, 11) is 0. The molecule has 0 radical (unpaired) electrons. The van der Waals surface area contributed by atoms with Crippen LogP contribution in [0.1, 0.15) is 12.2 Å². The van der Waals surface area contributed by atoms with E-state index in [-0.39, 0.29) is 12.8 Å². The summed E-state index contributed by atoms with van der Waals surface area (Å²) in [5, 5.41) is 12.3. The molecular formula is C11H9BrN2O3. The number of hydrogen-bond donors (Lipinski definition) is 1. The highest BCUT2D eigenvalue weighted by molar-refractivity contribution is 9.10. The van der Waals surface area contributed by atoms with Gasteiger partial charge < -0.3 is 9.63 Å². The van der Waals surface area contributed by atoms with Crippen LogP contribution < -0.4 is 0 Å². The molecular weight excluding hydrogens is 288 g/mol. The fraction of sp³-hybridized carbons (Fsp3) is 0.182. The van der Waals surface area contributed by atoms with Crippen molar-refractivity contribution >= 4 is 21.9 Å². The first-order valence-corrected chi connectivity index (χ1v) is 5.75. The normalized spacial score (nSPS) is 10.4. The van der Waals surface area contributed by atoms with Crippen molar-refractivity contribution in [3.05, 3.63) is 34.6 Å². The van der Waals surface area contributed by atoms with Crippen LogP contribution in [0.15, 0.2) is 33.3 Å². The van der Waals surface area contributed by atoms with Gasteiger partial charge in [0.1, 0.15) is 0 Å². The molecule has 17 heavy (non-hydrogen) atoms. The van der Waals surface area contributed by atoms with Gasteiger partial charge in [-0.15, -0.1) is 0 Å². The average Bonchev–Trinajstić information content (AvgIpc) is 2.75. The van der Waals surface area contributed by atoms with Crippen LogP contribution in [0.4, 0.5) is 0 Å². The van der Waals surface area contributed by atoms with E-state index in [1.54, 1.807) is 0 Å². The Balaban J connectivity index is 2.18. The molecule has 2 aromatic rings. The number of carboxylic acid groups (broad SMARTS) is 1. The molecule has 0 unspecified atom stereocenters.